The Hall–Kier alpha value is -1.72. The Morgan fingerprint density at radius 3 is 2.47 bits per heavy atom. The van der Waals surface area contributed by atoms with Gasteiger partial charge in [0.05, 0.1) is 0 Å². The number of aromatic nitrogens is 2. The van der Waals surface area contributed by atoms with Crippen molar-refractivity contribution in [2.75, 3.05) is 0 Å². The fourth-order valence-electron chi connectivity index (χ4n) is 1.88. The Labute approximate surface area is 110 Å². The van der Waals surface area contributed by atoms with Gasteiger partial charge in [-0.25, -0.2) is 4.79 Å². The number of carbonyl (C=O) groups is 1. The minimum absolute atomic E-state index is 0.377. The zero-order valence-corrected chi connectivity index (χ0v) is 11.1. The van der Waals surface area contributed by atoms with Gasteiger partial charge < -0.3 is 0 Å². The molecule has 106 valence electrons. The van der Waals surface area contributed by atoms with E-state index in [0.29, 0.717) is 6.54 Å². The third kappa shape index (κ3) is 4.81. The molecule has 0 radical (unpaired) electrons. The van der Waals surface area contributed by atoms with Gasteiger partial charge in [0.2, 0.25) is 0 Å². The van der Waals surface area contributed by atoms with Crippen molar-refractivity contribution in [1.29, 1.82) is 0 Å². The van der Waals surface area contributed by atoms with Gasteiger partial charge in [0, 0.05) is 12.7 Å². The van der Waals surface area contributed by atoms with Crippen molar-refractivity contribution in [3.05, 3.63) is 32.6 Å². The van der Waals surface area contributed by atoms with Crippen LogP contribution in [0.15, 0.2) is 15.8 Å². The summed E-state index contributed by atoms with van der Waals surface area (Å²) >= 11 is 0. The van der Waals surface area contributed by atoms with Gasteiger partial charge in [-0.2, -0.15) is 4.39 Å². The molecule has 0 saturated carbocycles. The summed E-state index contributed by atoms with van der Waals surface area (Å²) in [6, 6.07) is -1.82. The maximum absolute atomic E-state index is 12.6. The molecule has 0 atom stereocenters. The molecule has 6 heteroatoms. The number of rotatable bonds is 8. The molecule has 19 heavy (non-hydrogen) atoms. The second-order valence-electron chi connectivity index (χ2n) is 4.54. The Morgan fingerprint density at radius 1 is 1.21 bits per heavy atom. The van der Waals surface area contributed by atoms with Crippen molar-refractivity contribution in [3.8, 4) is 0 Å². The molecule has 1 aromatic heterocycles. The summed E-state index contributed by atoms with van der Waals surface area (Å²) in [6.07, 6.45) is 7.32. The fourth-order valence-corrected chi connectivity index (χ4v) is 1.88. The SMILES string of the molecule is CCCCCCCCn1cc(C(=O)F)c(=O)[nH]c1=O. The molecule has 0 aliphatic heterocycles. The first-order valence-corrected chi connectivity index (χ1v) is 6.60. The van der Waals surface area contributed by atoms with Crippen molar-refractivity contribution in [1.82, 2.24) is 9.55 Å². The van der Waals surface area contributed by atoms with Crippen LogP contribution in [-0.2, 0) is 6.54 Å². The molecule has 0 aliphatic carbocycles. The van der Waals surface area contributed by atoms with Gasteiger partial charge in [-0.15, -0.1) is 0 Å². The summed E-state index contributed by atoms with van der Waals surface area (Å²) in [5, 5.41) is 0. The number of unbranched alkanes of at least 4 members (excludes halogenated alkanes) is 5. The number of H-pyrrole nitrogens is 1. The number of hydrogen-bond donors (Lipinski definition) is 1. The third-order valence-electron chi connectivity index (χ3n) is 2.98. The molecular formula is C13H19FN2O3. The standard InChI is InChI=1S/C13H19FN2O3/c1-2-3-4-5-6-7-8-16-9-10(11(14)17)12(18)15-13(16)19/h9H,2-8H2,1H3,(H,15,18,19). The zero-order chi connectivity index (χ0) is 14.3. The molecule has 1 heterocycles. The quantitative estimate of drug-likeness (QED) is 0.580. The van der Waals surface area contributed by atoms with E-state index in [1.165, 1.54) is 17.4 Å². The number of nitrogens with one attached hydrogen (secondary N) is 1. The highest BCUT2D eigenvalue weighted by atomic mass is 19.1. The lowest BCUT2D eigenvalue weighted by Gasteiger charge is -2.05. The van der Waals surface area contributed by atoms with Crippen LogP contribution in [0, 0.1) is 0 Å². The Balaban J connectivity index is 2.59. The molecule has 0 aliphatic rings. The number of aromatic amines is 1. The normalized spacial score (nSPS) is 10.6. The summed E-state index contributed by atoms with van der Waals surface area (Å²) in [5.74, 6) is 0. The van der Waals surface area contributed by atoms with Gasteiger partial charge in [-0.1, -0.05) is 39.0 Å². The number of halogens is 1. The van der Waals surface area contributed by atoms with Crippen molar-refractivity contribution in [3.63, 3.8) is 0 Å². The van der Waals surface area contributed by atoms with Gasteiger partial charge in [-0.05, 0) is 6.42 Å². The van der Waals surface area contributed by atoms with Crippen molar-refractivity contribution >= 4 is 6.04 Å². The Bertz CT molecular complexity index is 533. The first-order chi connectivity index (χ1) is 9.06. The highest BCUT2D eigenvalue weighted by molar-refractivity contribution is 5.87. The molecule has 1 N–H and O–H groups in total. The molecule has 1 aromatic rings. The van der Waals surface area contributed by atoms with E-state index in [9.17, 15) is 18.8 Å². The summed E-state index contributed by atoms with van der Waals surface area (Å²) in [5.41, 5.74) is -2.20. The summed E-state index contributed by atoms with van der Waals surface area (Å²) in [4.78, 5) is 35.1. The highest BCUT2D eigenvalue weighted by Crippen LogP contribution is 2.05. The smallest absolute Gasteiger partial charge is 0.300 e. The molecular weight excluding hydrogens is 251 g/mol. The minimum Gasteiger partial charge on any atom is -0.300 e. The third-order valence-corrected chi connectivity index (χ3v) is 2.98. The van der Waals surface area contributed by atoms with Crippen molar-refractivity contribution < 1.29 is 9.18 Å². The van der Waals surface area contributed by atoms with Crippen molar-refractivity contribution in [2.45, 2.75) is 52.0 Å². The lowest BCUT2D eigenvalue weighted by molar-refractivity contribution is 0.0833. The van der Waals surface area contributed by atoms with E-state index in [1.54, 1.807) is 0 Å². The molecule has 0 aromatic carbocycles. The van der Waals surface area contributed by atoms with Crippen LogP contribution < -0.4 is 11.2 Å². The molecule has 0 amide bonds. The minimum atomic E-state index is -1.82. The Morgan fingerprint density at radius 2 is 1.84 bits per heavy atom. The number of aryl methyl sites for hydroxylation is 1. The van der Waals surface area contributed by atoms with Crippen LogP contribution in [0.25, 0.3) is 0 Å². The van der Waals surface area contributed by atoms with Gasteiger partial charge in [0.15, 0.2) is 0 Å². The summed E-state index contributed by atoms with van der Waals surface area (Å²) in [7, 11) is 0. The van der Waals surface area contributed by atoms with Crippen LogP contribution in [0.5, 0.6) is 0 Å². The lowest BCUT2D eigenvalue weighted by Crippen LogP contribution is -2.32. The largest absolute Gasteiger partial charge is 0.339 e. The number of nitrogens with zero attached hydrogens (tertiary/aromatic N) is 1. The second kappa shape index (κ2) is 7.66. The van der Waals surface area contributed by atoms with E-state index >= 15 is 0 Å². The maximum Gasteiger partial charge on any atom is 0.339 e. The van der Waals surface area contributed by atoms with Crippen LogP contribution in [0.3, 0.4) is 0 Å². The first-order valence-electron chi connectivity index (χ1n) is 6.60. The fraction of sp³-hybridized carbons (Fsp3) is 0.615. The molecule has 0 unspecified atom stereocenters. The average Bonchev–Trinajstić information content (AvgIpc) is 2.35. The van der Waals surface area contributed by atoms with Crippen LogP contribution >= 0.6 is 0 Å². The monoisotopic (exact) mass is 270 g/mol. The zero-order valence-electron chi connectivity index (χ0n) is 11.1. The van der Waals surface area contributed by atoms with E-state index in [2.05, 4.69) is 6.92 Å². The maximum atomic E-state index is 12.6. The molecule has 0 fully saturated rings. The van der Waals surface area contributed by atoms with Crippen molar-refractivity contribution in [2.24, 2.45) is 0 Å². The molecule has 0 spiro atoms. The average molecular weight is 270 g/mol. The second-order valence-corrected chi connectivity index (χ2v) is 4.54. The van der Waals surface area contributed by atoms with E-state index in [4.69, 9.17) is 0 Å². The highest BCUT2D eigenvalue weighted by Gasteiger charge is 2.11. The van der Waals surface area contributed by atoms with Crippen LogP contribution in [-0.4, -0.2) is 15.6 Å². The van der Waals surface area contributed by atoms with Gasteiger partial charge in [0.1, 0.15) is 5.56 Å². The molecule has 5 nitrogen and oxygen atoms in total. The Kier molecular flexibility index (Phi) is 6.18. The van der Waals surface area contributed by atoms with E-state index < -0.39 is 22.8 Å². The van der Waals surface area contributed by atoms with E-state index in [0.717, 1.165) is 31.9 Å². The van der Waals surface area contributed by atoms with Crippen LogP contribution in [0.4, 0.5) is 4.39 Å². The number of carbonyl (C=O) groups excluding carboxylic acids is 1. The van der Waals surface area contributed by atoms with Crippen LogP contribution in [0.2, 0.25) is 0 Å². The summed E-state index contributed by atoms with van der Waals surface area (Å²) < 4.78 is 13.7. The molecule has 0 bridgehead atoms. The van der Waals surface area contributed by atoms with Gasteiger partial charge >= 0.3 is 11.7 Å². The predicted octanol–water partition coefficient (Wildman–Crippen LogP) is 2.01. The topological polar surface area (TPSA) is 71.9 Å². The molecule has 0 saturated heterocycles. The predicted molar refractivity (Wildman–Crippen MR) is 70.1 cm³/mol. The van der Waals surface area contributed by atoms with Gasteiger partial charge in [0.25, 0.3) is 5.56 Å². The van der Waals surface area contributed by atoms with E-state index in [-0.39, 0.29) is 0 Å². The van der Waals surface area contributed by atoms with Crippen LogP contribution in [0.1, 0.15) is 55.8 Å². The van der Waals surface area contributed by atoms with Gasteiger partial charge in [-0.3, -0.25) is 19.1 Å². The summed E-state index contributed by atoms with van der Waals surface area (Å²) in [6.45, 7) is 2.51. The van der Waals surface area contributed by atoms with E-state index in [1.807, 2.05) is 4.98 Å². The number of hydrogen-bond acceptors (Lipinski definition) is 3. The lowest BCUT2D eigenvalue weighted by atomic mass is 10.1. The first kappa shape index (κ1) is 15.3. The molecule has 1 rings (SSSR count).